The molecule has 0 N–H and O–H groups in total. The van der Waals surface area contributed by atoms with E-state index in [0.29, 0.717) is 18.0 Å². The van der Waals surface area contributed by atoms with Gasteiger partial charge in [-0.2, -0.15) is 5.26 Å². The molecule has 0 radical (unpaired) electrons. The predicted molar refractivity (Wildman–Crippen MR) is 68.3 cm³/mol. The van der Waals surface area contributed by atoms with Gasteiger partial charge in [-0.05, 0) is 31.9 Å². The Labute approximate surface area is 110 Å². The van der Waals surface area contributed by atoms with Crippen LogP contribution in [0.4, 0.5) is 0 Å². The van der Waals surface area contributed by atoms with Gasteiger partial charge in [0.1, 0.15) is 0 Å². The Balaban J connectivity index is 2.16. The first-order valence-electron chi connectivity index (χ1n) is 5.92. The lowest BCUT2D eigenvalue weighted by molar-refractivity contribution is -0.131. The van der Waals surface area contributed by atoms with Crippen LogP contribution in [0.2, 0.25) is 0 Å². The number of thiophene rings is 1. The minimum atomic E-state index is -1.18. The van der Waals surface area contributed by atoms with E-state index in [4.69, 9.17) is 5.26 Å². The van der Waals surface area contributed by atoms with E-state index < -0.39 is 5.92 Å². The summed E-state index contributed by atoms with van der Waals surface area (Å²) in [6.07, 6.45) is 1.91. The van der Waals surface area contributed by atoms with E-state index in [1.165, 1.54) is 11.3 Å². The van der Waals surface area contributed by atoms with Crippen molar-refractivity contribution in [2.24, 2.45) is 5.92 Å². The highest BCUT2D eigenvalue weighted by molar-refractivity contribution is 7.14. The number of Topliss-reactive ketones (excluding diaryl/α,β-unsaturated/α-hetero) is 1. The molecule has 0 spiro atoms. The summed E-state index contributed by atoms with van der Waals surface area (Å²) >= 11 is 1.33. The smallest absolute Gasteiger partial charge is 0.247 e. The second kappa shape index (κ2) is 5.32. The molecule has 1 amide bonds. The average molecular weight is 262 g/mol. The van der Waals surface area contributed by atoms with Crippen LogP contribution in [-0.4, -0.2) is 29.7 Å². The lowest BCUT2D eigenvalue weighted by Gasteiger charge is -2.17. The molecule has 0 aliphatic carbocycles. The Morgan fingerprint density at radius 3 is 2.56 bits per heavy atom. The highest BCUT2D eigenvalue weighted by Crippen LogP contribution is 2.21. The summed E-state index contributed by atoms with van der Waals surface area (Å²) in [5.41, 5.74) is 0. The molecule has 1 atom stereocenters. The Hall–Kier alpha value is -1.67. The first kappa shape index (κ1) is 12.8. The first-order valence-corrected chi connectivity index (χ1v) is 6.74. The summed E-state index contributed by atoms with van der Waals surface area (Å²) in [5.74, 6) is -1.89. The zero-order valence-electron chi connectivity index (χ0n) is 10.2. The van der Waals surface area contributed by atoms with Crippen molar-refractivity contribution in [1.29, 1.82) is 5.26 Å². The first-order chi connectivity index (χ1) is 8.63. The Kier molecular flexibility index (Phi) is 3.78. The molecular weight excluding hydrogens is 248 g/mol. The molecule has 1 fully saturated rings. The number of likely N-dealkylation sites (tertiary alicyclic amines) is 1. The maximum absolute atomic E-state index is 12.1. The molecule has 1 aliphatic heterocycles. The van der Waals surface area contributed by atoms with Crippen LogP contribution < -0.4 is 0 Å². The summed E-state index contributed by atoms with van der Waals surface area (Å²) in [4.78, 5) is 27.3. The average Bonchev–Trinajstić information content (AvgIpc) is 3.00. The largest absolute Gasteiger partial charge is 0.341 e. The number of hydrogen-bond acceptors (Lipinski definition) is 4. The molecule has 0 saturated carbocycles. The molecular formula is C13H14N2O2S. The van der Waals surface area contributed by atoms with Crippen LogP contribution >= 0.6 is 11.3 Å². The molecule has 5 heteroatoms. The van der Waals surface area contributed by atoms with Crippen LogP contribution in [0, 0.1) is 24.2 Å². The second-order valence-corrected chi connectivity index (χ2v) is 5.66. The van der Waals surface area contributed by atoms with Gasteiger partial charge in [0, 0.05) is 18.0 Å². The van der Waals surface area contributed by atoms with Crippen LogP contribution in [0.3, 0.4) is 0 Å². The van der Waals surface area contributed by atoms with Gasteiger partial charge in [-0.25, -0.2) is 0 Å². The van der Waals surface area contributed by atoms with Gasteiger partial charge in [0.05, 0.1) is 10.9 Å². The highest BCUT2D eigenvalue weighted by atomic mass is 32.1. The SMILES string of the molecule is Cc1ccc(C(=O)[C@H](C#N)C(=O)N2CCCC2)s1. The van der Waals surface area contributed by atoms with Crippen molar-refractivity contribution in [1.82, 2.24) is 4.90 Å². The van der Waals surface area contributed by atoms with Crippen LogP contribution in [0.15, 0.2) is 12.1 Å². The molecule has 1 aromatic heterocycles. The van der Waals surface area contributed by atoms with Crippen LogP contribution in [-0.2, 0) is 4.79 Å². The Morgan fingerprint density at radius 1 is 1.39 bits per heavy atom. The van der Waals surface area contributed by atoms with Crippen molar-refractivity contribution in [3.05, 3.63) is 21.9 Å². The van der Waals surface area contributed by atoms with E-state index in [2.05, 4.69) is 0 Å². The summed E-state index contributed by atoms with van der Waals surface area (Å²) in [7, 11) is 0. The van der Waals surface area contributed by atoms with Crippen molar-refractivity contribution in [2.75, 3.05) is 13.1 Å². The zero-order chi connectivity index (χ0) is 13.1. The molecule has 2 rings (SSSR count). The van der Waals surface area contributed by atoms with E-state index >= 15 is 0 Å². The minimum absolute atomic E-state index is 0.342. The fourth-order valence-corrected chi connectivity index (χ4v) is 2.89. The van der Waals surface area contributed by atoms with E-state index in [-0.39, 0.29) is 11.7 Å². The third-order valence-electron chi connectivity index (χ3n) is 3.04. The lowest BCUT2D eigenvalue weighted by atomic mass is 10.0. The number of hydrogen-bond donors (Lipinski definition) is 0. The van der Waals surface area contributed by atoms with Crippen molar-refractivity contribution in [3.63, 3.8) is 0 Å². The molecule has 4 nitrogen and oxygen atoms in total. The fourth-order valence-electron chi connectivity index (χ4n) is 2.06. The Bertz CT molecular complexity index is 509. The van der Waals surface area contributed by atoms with Crippen LogP contribution in [0.5, 0.6) is 0 Å². The molecule has 1 saturated heterocycles. The Morgan fingerprint density at radius 2 is 2.06 bits per heavy atom. The summed E-state index contributed by atoms with van der Waals surface area (Å²) in [6, 6.07) is 5.36. The topological polar surface area (TPSA) is 61.2 Å². The van der Waals surface area contributed by atoms with Gasteiger partial charge in [-0.15, -0.1) is 11.3 Å². The number of amides is 1. The number of ketones is 1. The van der Waals surface area contributed by atoms with E-state index in [1.54, 1.807) is 11.0 Å². The summed E-state index contributed by atoms with van der Waals surface area (Å²) in [6.45, 7) is 3.21. The quantitative estimate of drug-likeness (QED) is 0.618. The molecule has 0 bridgehead atoms. The molecule has 1 aliphatic rings. The van der Waals surface area contributed by atoms with Gasteiger partial charge >= 0.3 is 0 Å². The summed E-state index contributed by atoms with van der Waals surface area (Å²) < 4.78 is 0. The third-order valence-corrected chi connectivity index (χ3v) is 4.05. The monoisotopic (exact) mass is 262 g/mol. The van der Waals surface area contributed by atoms with Crippen molar-refractivity contribution < 1.29 is 9.59 Å². The maximum Gasteiger partial charge on any atom is 0.247 e. The van der Waals surface area contributed by atoms with Gasteiger partial charge in [0.2, 0.25) is 5.91 Å². The third kappa shape index (κ3) is 2.44. The van der Waals surface area contributed by atoms with Crippen LogP contribution in [0.25, 0.3) is 0 Å². The van der Waals surface area contributed by atoms with E-state index in [0.717, 1.165) is 17.7 Å². The van der Waals surface area contributed by atoms with Gasteiger partial charge in [-0.3, -0.25) is 9.59 Å². The summed E-state index contributed by atoms with van der Waals surface area (Å²) in [5, 5.41) is 9.08. The van der Waals surface area contributed by atoms with E-state index in [1.807, 2.05) is 19.1 Å². The molecule has 18 heavy (non-hydrogen) atoms. The van der Waals surface area contributed by atoms with Gasteiger partial charge < -0.3 is 4.90 Å². The number of carbonyl (C=O) groups excluding carboxylic acids is 2. The van der Waals surface area contributed by atoms with Gasteiger partial charge in [0.15, 0.2) is 11.7 Å². The predicted octanol–water partition coefficient (Wildman–Crippen LogP) is 2.00. The second-order valence-electron chi connectivity index (χ2n) is 4.37. The molecule has 2 heterocycles. The highest BCUT2D eigenvalue weighted by Gasteiger charge is 2.33. The number of carbonyl (C=O) groups is 2. The number of nitrogens with zero attached hydrogens (tertiary/aromatic N) is 2. The van der Waals surface area contributed by atoms with Gasteiger partial charge in [-0.1, -0.05) is 0 Å². The maximum atomic E-state index is 12.1. The van der Waals surface area contributed by atoms with E-state index in [9.17, 15) is 9.59 Å². The molecule has 0 aromatic carbocycles. The molecule has 94 valence electrons. The fraction of sp³-hybridized carbons (Fsp3) is 0.462. The lowest BCUT2D eigenvalue weighted by Crippen LogP contribution is -2.36. The van der Waals surface area contributed by atoms with Crippen molar-refractivity contribution in [3.8, 4) is 6.07 Å². The standard InChI is InChI=1S/C13H14N2O2S/c1-9-4-5-11(18-9)12(16)10(8-14)13(17)15-6-2-3-7-15/h4-5,10H,2-3,6-7H2,1H3/t10-/m0/s1. The molecule has 1 aromatic rings. The number of nitriles is 1. The van der Waals surface area contributed by atoms with Crippen molar-refractivity contribution >= 4 is 23.0 Å². The number of rotatable bonds is 3. The van der Waals surface area contributed by atoms with Crippen LogP contribution in [0.1, 0.15) is 27.4 Å². The van der Waals surface area contributed by atoms with Gasteiger partial charge in [0.25, 0.3) is 0 Å². The molecule has 0 unspecified atom stereocenters. The normalized spacial score (nSPS) is 16.3. The van der Waals surface area contributed by atoms with Crippen molar-refractivity contribution in [2.45, 2.75) is 19.8 Å². The number of aryl methyl sites for hydroxylation is 1. The zero-order valence-corrected chi connectivity index (χ0v) is 11.0. The minimum Gasteiger partial charge on any atom is -0.341 e.